The van der Waals surface area contributed by atoms with E-state index in [-0.39, 0.29) is 6.04 Å². The first-order valence-electron chi connectivity index (χ1n) is 8.48. The van der Waals surface area contributed by atoms with Crippen molar-refractivity contribution in [1.82, 2.24) is 0 Å². The molecule has 0 saturated carbocycles. The van der Waals surface area contributed by atoms with E-state index in [0.717, 1.165) is 17.5 Å². The van der Waals surface area contributed by atoms with Gasteiger partial charge in [0.05, 0.1) is 0 Å². The molecular weight excluding hydrogens is 513 g/mol. The van der Waals surface area contributed by atoms with Crippen molar-refractivity contribution in [2.45, 2.75) is 18.1 Å². The third kappa shape index (κ3) is 4.71. The van der Waals surface area contributed by atoms with Crippen LogP contribution < -0.4 is 0 Å². The SMILES string of the molecule is C1=N[C@H](Cc2ccccc2)C(c2ccccc2)(c2ccccc2)O1.[Br][Ni][Br]. The van der Waals surface area contributed by atoms with Crippen LogP contribution in [-0.4, -0.2) is 12.4 Å². The molecule has 0 amide bonds. The molecule has 3 aromatic carbocycles. The summed E-state index contributed by atoms with van der Waals surface area (Å²) in [5.74, 6) is 0. The zero-order chi connectivity index (χ0) is 19.0. The van der Waals surface area contributed by atoms with Gasteiger partial charge in [-0.15, -0.1) is 0 Å². The molecule has 0 fully saturated rings. The number of rotatable bonds is 4. The second kappa shape index (κ2) is 10.2. The summed E-state index contributed by atoms with van der Waals surface area (Å²) < 4.78 is 6.21. The Morgan fingerprint density at radius 2 is 1.22 bits per heavy atom. The summed E-state index contributed by atoms with van der Waals surface area (Å²) in [6.07, 6.45) is 2.45. The van der Waals surface area contributed by atoms with Gasteiger partial charge in [0.15, 0.2) is 12.0 Å². The number of ether oxygens (including phenoxy) is 1. The van der Waals surface area contributed by atoms with E-state index >= 15 is 0 Å². The van der Waals surface area contributed by atoms with Crippen LogP contribution in [0.3, 0.4) is 0 Å². The Hall–Kier alpha value is -1.42. The average molecular weight is 532 g/mol. The van der Waals surface area contributed by atoms with Crippen LogP contribution in [0.1, 0.15) is 16.7 Å². The Morgan fingerprint density at radius 3 is 1.70 bits per heavy atom. The monoisotopic (exact) mass is 529 g/mol. The molecule has 1 heterocycles. The van der Waals surface area contributed by atoms with Crippen molar-refractivity contribution in [2.75, 3.05) is 0 Å². The van der Waals surface area contributed by atoms with E-state index in [4.69, 9.17) is 9.73 Å². The molecule has 1 aliphatic heterocycles. The third-order valence-electron chi connectivity index (χ3n) is 4.63. The van der Waals surface area contributed by atoms with Gasteiger partial charge < -0.3 is 4.74 Å². The van der Waals surface area contributed by atoms with Gasteiger partial charge in [0.2, 0.25) is 0 Å². The standard InChI is InChI=1S/C22H19NO.2BrH.Ni/c1-4-10-18(11-5-1)16-21-22(24-17-23-21,19-12-6-2-7-13-19)20-14-8-3-9-15-20;;;/h1-15,17,21H,16H2;2*1H;/q;;;+2/p-2/t21-;;;/m1.../s1. The minimum absolute atomic E-state index is 0.00435. The van der Waals surface area contributed by atoms with E-state index in [9.17, 15) is 0 Å². The molecule has 2 nitrogen and oxygen atoms in total. The van der Waals surface area contributed by atoms with Crippen LogP contribution in [0.2, 0.25) is 0 Å². The van der Waals surface area contributed by atoms with E-state index < -0.39 is 5.60 Å². The van der Waals surface area contributed by atoms with Crippen LogP contribution in [0.4, 0.5) is 0 Å². The molecule has 0 aromatic heterocycles. The quantitative estimate of drug-likeness (QED) is 0.363. The predicted octanol–water partition coefficient (Wildman–Crippen LogP) is 6.29. The van der Waals surface area contributed by atoms with Crippen molar-refractivity contribution < 1.29 is 15.6 Å². The molecule has 1 aliphatic rings. The van der Waals surface area contributed by atoms with Crippen molar-refractivity contribution in [1.29, 1.82) is 0 Å². The first-order chi connectivity index (χ1) is 13.3. The molecule has 0 aliphatic carbocycles. The molecule has 3 aromatic rings. The van der Waals surface area contributed by atoms with Crippen LogP contribution in [0.5, 0.6) is 0 Å². The second-order valence-electron chi connectivity index (χ2n) is 6.09. The molecule has 0 saturated heterocycles. The van der Waals surface area contributed by atoms with E-state index in [1.807, 2.05) is 18.2 Å². The molecule has 0 bridgehead atoms. The summed E-state index contributed by atoms with van der Waals surface area (Å²) in [4.78, 5) is 4.69. The van der Waals surface area contributed by atoms with Gasteiger partial charge in [-0.2, -0.15) is 0 Å². The van der Waals surface area contributed by atoms with Crippen molar-refractivity contribution in [3.8, 4) is 0 Å². The molecular formula is C22H19Br2NNiO. The van der Waals surface area contributed by atoms with Crippen molar-refractivity contribution in [2.24, 2.45) is 4.99 Å². The number of nitrogens with zero attached hydrogens (tertiary/aromatic N) is 1. The number of hydrogen-bond donors (Lipinski definition) is 0. The number of hydrogen-bond acceptors (Lipinski definition) is 2. The number of halogens is 2. The fourth-order valence-corrected chi connectivity index (χ4v) is 3.46. The van der Waals surface area contributed by atoms with Gasteiger partial charge in [0.1, 0.15) is 6.04 Å². The maximum absolute atomic E-state index is 6.21. The van der Waals surface area contributed by atoms with E-state index in [0.29, 0.717) is 0 Å². The van der Waals surface area contributed by atoms with Gasteiger partial charge in [0.25, 0.3) is 0 Å². The van der Waals surface area contributed by atoms with Crippen molar-refractivity contribution in [3.63, 3.8) is 0 Å². The predicted molar refractivity (Wildman–Crippen MR) is 115 cm³/mol. The van der Waals surface area contributed by atoms with Gasteiger partial charge in [-0.1, -0.05) is 91.0 Å². The molecule has 0 N–H and O–H groups in total. The molecule has 1 atom stereocenters. The Kier molecular flexibility index (Phi) is 7.69. The fraction of sp³-hybridized carbons (Fsp3) is 0.136. The van der Waals surface area contributed by atoms with Crippen LogP contribution in [0.15, 0.2) is 96.0 Å². The third-order valence-corrected chi connectivity index (χ3v) is 4.63. The second-order valence-corrected chi connectivity index (χ2v) is 11.1. The first-order valence-corrected chi connectivity index (χ1v) is 13.4. The zero-order valence-corrected chi connectivity index (χ0v) is 18.6. The molecule has 0 spiro atoms. The van der Waals surface area contributed by atoms with Crippen LogP contribution in [0.25, 0.3) is 0 Å². The minimum atomic E-state index is -0.571. The fourth-order valence-electron chi connectivity index (χ4n) is 3.46. The number of aliphatic imine (C=N–C) groups is 1. The Bertz CT molecular complexity index is 804. The molecule has 5 heteroatoms. The van der Waals surface area contributed by atoms with E-state index in [2.05, 4.69) is 101 Å². The Morgan fingerprint density at radius 1 is 0.778 bits per heavy atom. The summed E-state index contributed by atoms with van der Waals surface area (Å²) in [7, 11) is 1.25. The topological polar surface area (TPSA) is 21.6 Å². The van der Waals surface area contributed by atoms with E-state index in [1.165, 1.54) is 16.5 Å². The Labute approximate surface area is 180 Å². The summed E-state index contributed by atoms with van der Waals surface area (Å²) >= 11 is 6.00. The van der Waals surface area contributed by atoms with Crippen LogP contribution in [0, 0.1) is 0 Å². The molecule has 142 valence electrons. The van der Waals surface area contributed by atoms with Crippen LogP contribution >= 0.6 is 28.5 Å². The molecule has 27 heavy (non-hydrogen) atoms. The number of benzene rings is 3. The molecule has 4 rings (SSSR count). The summed E-state index contributed by atoms with van der Waals surface area (Å²) in [6, 6.07) is 31.3. The Balaban J connectivity index is 0.000000659. The maximum atomic E-state index is 6.21. The van der Waals surface area contributed by atoms with Gasteiger partial charge in [-0.3, -0.25) is 0 Å². The summed E-state index contributed by atoms with van der Waals surface area (Å²) in [5.41, 5.74) is 2.96. The first kappa shape index (κ1) is 20.3. The average Bonchev–Trinajstić information content (AvgIpc) is 3.15. The van der Waals surface area contributed by atoms with Gasteiger partial charge in [-0.25, -0.2) is 4.99 Å². The molecule has 0 radical (unpaired) electrons. The molecule has 0 unspecified atom stereocenters. The van der Waals surface area contributed by atoms with Crippen molar-refractivity contribution in [3.05, 3.63) is 108 Å². The van der Waals surface area contributed by atoms with Gasteiger partial charge in [-0.05, 0) is 12.0 Å². The normalized spacial score (nSPS) is 17.0. The van der Waals surface area contributed by atoms with Crippen LogP contribution in [-0.2, 0) is 27.7 Å². The summed E-state index contributed by atoms with van der Waals surface area (Å²) in [6.45, 7) is 0. The zero-order valence-electron chi connectivity index (χ0n) is 14.4. The van der Waals surface area contributed by atoms with Crippen molar-refractivity contribution >= 4 is 34.9 Å². The van der Waals surface area contributed by atoms with E-state index in [1.54, 1.807) is 6.40 Å². The summed E-state index contributed by atoms with van der Waals surface area (Å²) in [5, 5.41) is 0. The van der Waals surface area contributed by atoms with Gasteiger partial charge in [0, 0.05) is 11.1 Å². The van der Waals surface area contributed by atoms with Gasteiger partial charge >= 0.3 is 39.3 Å².